The van der Waals surface area contributed by atoms with Crippen LogP contribution < -0.4 is 10.4 Å². The Morgan fingerprint density at radius 1 is 1.03 bits per heavy atom. The molecule has 0 amide bonds. The highest BCUT2D eigenvalue weighted by Gasteiger charge is 2.29. The van der Waals surface area contributed by atoms with Gasteiger partial charge in [-0.3, -0.25) is 4.57 Å². The van der Waals surface area contributed by atoms with Crippen molar-refractivity contribution in [2.24, 2.45) is 7.05 Å². The summed E-state index contributed by atoms with van der Waals surface area (Å²) < 4.78 is 34.5. The zero-order chi connectivity index (χ0) is 24.9. The maximum atomic E-state index is 13.4. The molecule has 3 rings (SSSR count). The number of aromatic nitrogens is 3. The summed E-state index contributed by atoms with van der Waals surface area (Å²) in [7, 11) is 1.65. The second kappa shape index (κ2) is 10.6. The summed E-state index contributed by atoms with van der Waals surface area (Å²) in [6.45, 7) is 1.69. The van der Waals surface area contributed by atoms with Crippen molar-refractivity contribution in [3.05, 3.63) is 81.0 Å². The Bertz CT molecular complexity index is 1200. The van der Waals surface area contributed by atoms with Crippen LogP contribution >= 0.6 is 0 Å². The fourth-order valence-corrected chi connectivity index (χ4v) is 3.57. The molecule has 0 saturated heterocycles. The normalized spacial score (nSPS) is 11.6. The molecule has 0 unspecified atom stereocenters. The lowest BCUT2D eigenvalue weighted by molar-refractivity contribution is -0.152. The van der Waals surface area contributed by atoms with E-state index >= 15 is 0 Å². The van der Waals surface area contributed by atoms with Crippen molar-refractivity contribution < 1.29 is 23.4 Å². The number of aryl methyl sites for hydroxylation is 2. The predicted octanol–water partition coefficient (Wildman–Crippen LogP) is 3.99. The zero-order valence-electron chi connectivity index (χ0n) is 19.6. The highest BCUT2D eigenvalue weighted by atomic mass is 19.1. The van der Waals surface area contributed by atoms with Gasteiger partial charge in [0.1, 0.15) is 24.9 Å². The topological polar surface area (TPSA) is 86.3 Å². The number of benzene rings is 2. The minimum absolute atomic E-state index is 0.118. The van der Waals surface area contributed by atoms with Crippen LogP contribution in [0.3, 0.4) is 0 Å². The Morgan fingerprint density at radius 2 is 1.71 bits per heavy atom. The van der Waals surface area contributed by atoms with Gasteiger partial charge in [-0.1, -0.05) is 30.3 Å². The van der Waals surface area contributed by atoms with Gasteiger partial charge in [-0.05, 0) is 61.1 Å². The third-order valence-electron chi connectivity index (χ3n) is 5.70. The van der Waals surface area contributed by atoms with Crippen molar-refractivity contribution in [1.29, 1.82) is 0 Å². The van der Waals surface area contributed by atoms with Crippen molar-refractivity contribution in [3.63, 3.8) is 0 Å². The summed E-state index contributed by atoms with van der Waals surface area (Å²) in [5.74, 6) is 0.0548. The number of carboxylic acid groups (broad SMARTS) is 1. The average molecular weight is 474 g/mol. The summed E-state index contributed by atoms with van der Waals surface area (Å²) in [5.41, 5.74) is 0.789. The van der Waals surface area contributed by atoms with E-state index < -0.39 is 24.9 Å². The Morgan fingerprint density at radius 3 is 2.32 bits per heavy atom. The first-order valence-corrected chi connectivity index (χ1v) is 11.0. The Balaban J connectivity index is 1.62. The van der Waals surface area contributed by atoms with Crippen LogP contribution in [0.25, 0.3) is 0 Å². The lowest BCUT2D eigenvalue weighted by atomic mass is 10.1. The molecule has 7 nitrogen and oxygen atoms in total. The highest BCUT2D eigenvalue weighted by molar-refractivity contribution is 5.76. The van der Waals surface area contributed by atoms with Crippen LogP contribution in [0.15, 0.2) is 47.3 Å². The van der Waals surface area contributed by atoms with Crippen molar-refractivity contribution in [1.82, 2.24) is 14.3 Å². The van der Waals surface area contributed by atoms with Crippen molar-refractivity contribution in [2.75, 3.05) is 0 Å². The van der Waals surface area contributed by atoms with Gasteiger partial charge in [0.05, 0.1) is 6.54 Å². The molecule has 0 spiro atoms. The largest absolute Gasteiger partial charge is 0.478 e. The van der Waals surface area contributed by atoms with Gasteiger partial charge >= 0.3 is 11.7 Å². The van der Waals surface area contributed by atoms with Gasteiger partial charge in [0.15, 0.2) is 5.60 Å². The first kappa shape index (κ1) is 25.1. The van der Waals surface area contributed by atoms with Crippen LogP contribution in [0.1, 0.15) is 48.3 Å². The molecule has 0 radical (unpaired) electrons. The minimum Gasteiger partial charge on any atom is -0.478 e. The number of alkyl halides is 2. The molecule has 0 aliphatic rings. The molecule has 1 heterocycles. The predicted molar refractivity (Wildman–Crippen MR) is 123 cm³/mol. The number of ether oxygens (including phenoxy) is 1. The first-order chi connectivity index (χ1) is 16.1. The average Bonchev–Trinajstić information content (AvgIpc) is 3.08. The lowest BCUT2D eigenvalue weighted by Gasteiger charge is -2.21. The molecule has 1 N–H and O–H groups in total. The standard InChI is InChI=1S/C25H29F2N3O4/c1-25(2,23(31)32)34-21-11-8-17(9-12-21)5-4-6-22-28-30(24(33)29(22)3)16-19-10-7-18(14-26)13-20(19)15-27/h7-13H,4-6,14-16H2,1-3H3,(H,31,32). The van der Waals surface area contributed by atoms with Crippen LogP contribution in [-0.4, -0.2) is 31.0 Å². The molecular weight excluding hydrogens is 444 g/mol. The van der Waals surface area contributed by atoms with Crippen LogP contribution in [0.4, 0.5) is 8.78 Å². The number of nitrogens with zero attached hydrogens (tertiary/aromatic N) is 3. The Kier molecular flexibility index (Phi) is 7.86. The van der Waals surface area contributed by atoms with Crippen LogP contribution in [0.5, 0.6) is 5.75 Å². The number of carboxylic acids is 1. The molecule has 0 bridgehead atoms. The summed E-state index contributed by atoms with van der Waals surface area (Å²) in [6.07, 6.45) is 2.05. The third kappa shape index (κ3) is 5.89. The molecule has 9 heteroatoms. The van der Waals surface area contributed by atoms with E-state index in [4.69, 9.17) is 9.84 Å². The Hall–Kier alpha value is -3.49. The number of rotatable bonds is 11. The molecule has 182 valence electrons. The van der Waals surface area contributed by atoms with Gasteiger partial charge in [0, 0.05) is 13.5 Å². The summed E-state index contributed by atoms with van der Waals surface area (Å²) in [6, 6.07) is 11.9. The third-order valence-corrected chi connectivity index (χ3v) is 5.70. The monoisotopic (exact) mass is 473 g/mol. The van der Waals surface area contributed by atoms with E-state index in [2.05, 4.69) is 5.10 Å². The molecule has 0 aliphatic heterocycles. The number of hydrogen-bond acceptors (Lipinski definition) is 4. The van der Waals surface area contributed by atoms with Gasteiger partial charge in [-0.2, -0.15) is 5.10 Å². The van der Waals surface area contributed by atoms with Crippen LogP contribution in [-0.2, 0) is 44.6 Å². The van der Waals surface area contributed by atoms with Crippen molar-refractivity contribution in [2.45, 2.75) is 58.6 Å². The van der Waals surface area contributed by atoms with E-state index in [-0.39, 0.29) is 12.2 Å². The maximum Gasteiger partial charge on any atom is 0.347 e. The summed E-state index contributed by atoms with van der Waals surface area (Å²) in [4.78, 5) is 23.8. The molecular formula is C25H29F2N3O4. The molecule has 0 fully saturated rings. The maximum absolute atomic E-state index is 13.4. The number of hydrogen-bond donors (Lipinski definition) is 1. The first-order valence-electron chi connectivity index (χ1n) is 11.0. The molecule has 3 aromatic rings. The molecule has 2 aromatic carbocycles. The SMILES string of the molecule is Cn1c(CCCc2ccc(OC(C)(C)C(=O)O)cc2)nn(Cc2ccc(CF)cc2CF)c1=O. The number of carbonyl (C=O) groups is 1. The Labute approximate surface area is 196 Å². The van der Waals surface area contributed by atoms with Gasteiger partial charge in [0.2, 0.25) is 0 Å². The second-order valence-electron chi connectivity index (χ2n) is 8.70. The minimum atomic E-state index is -1.31. The number of halogens is 2. The summed E-state index contributed by atoms with van der Waals surface area (Å²) in [5, 5.41) is 13.6. The van der Waals surface area contributed by atoms with E-state index in [0.717, 1.165) is 18.4 Å². The van der Waals surface area contributed by atoms with E-state index in [1.807, 2.05) is 12.1 Å². The summed E-state index contributed by atoms with van der Waals surface area (Å²) >= 11 is 0. The molecule has 0 saturated carbocycles. The van der Waals surface area contributed by atoms with E-state index in [1.165, 1.54) is 29.2 Å². The quantitative estimate of drug-likeness (QED) is 0.455. The van der Waals surface area contributed by atoms with Gasteiger partial charge in [0.25, 0.3) is 0 Å². The smallest absolute Gasteiger partial charge is 0.347 e. The molecule has 1 aromatic heterocycles. The molecule has 34 heavy (non-hydrogen) atoms. The molecule has 0 aliphatic carbocycles. The van der Waals surface area contributed by atoms with Crippen molar-refractivity contribution >= 4 is 5.97 Å². The van der Waals surface area contributed by atoms with E-state index in [0.29, 0.717) is 34.7 Å². The van der Waals surface area contributed by atoms with Gasteiger partial charge < -0.3 is 9.84 Å². The van der Waals surface area contributed by atoms with E-state index in [9.17, 15) is 18.4 Å². The van der Waals surface area contributed by atoms with Crippen LogP contribution in [0, 0.1) is 0 Å². The van der Waals surface area contributed by atoms with Gasteiger partial charge in [-0.15, -0.1) is 0 Å². The fourth-order valence-electron chi connectivity index (χ4n) is 3.57. The highest BCUT2D eigenvalue weighted by Crippen LogP contribution is 2.20. The zero-order valence-corrected chi connectivity index (χ0v) is 19.6. The van der Waals surface area contributed by atoms with Crippen molar-refractivity contribution in [3.8, 4) is 5.75 Å². The van der Waals surface area contributed by atoms with E-state index in [1.54, 1.807) is 31.3 Å². The fraction of sp³-hybridized carbons (Fsp3) is 0.400. The second-order valence-corrected chi connectivity index (χ2v) is 8.70. The lowest BCUT2D eigenvalue weighted by Crippen LogP contribution is -2.37. The van der Waals surface area contributed by atoms with Gasteiger partial charge in [-0.25, -0.2) is 23.1 Å². The number of aliphatic carboxylic acids is 1. The van der Waals surface area contributed by atoms with Crippen LogP contribution in [0.2, 0.25) is 0 Å². The molecule has 0 atom stereocenters.